The summed E-state index contributed by atoms with van der Waals surface area (Å²) in [5.41, 5.74) is -0.694. The van der Waals surface area contributed by atoms with Gasteiger partial charge in [-0.3, -0.25) is 14.4 Å². The Balaban J connectivity index is 2.12. The Bertz CT molecular complexity index is 594. The van der Waals surface area contributed by atoms with E-state index in [-0.39, 0.29) is 10.4 Å². The van der Waals surface area contributed by atoms with Crippen LogP contribution in [0.1, 0.15) is 37.7 Å². The van der Waals surface area contributed by atoms with Gasteiger partial charge in [0.1, 0.15) is 6.04 Å². The number of hydrogen-bond donors (Lipinski definition) is 0. The van der Waals surface area contributed by atoms with Crippen LogP contribution in [0.4, 0.5) is 13.2 Å². The van der Waals surface area contributed by atoms with Gasteiger partial charge in [-0.15, -0.1) is 0 Å². The van der Waals surface area contributed by atoms with Crippen LogP contribution in [0.5, 0.6) is 0 Å². The predicted octanol–water partition coefficient (Wildman–Crippen LogP) is 3.09. The first kappa shape index (κ1) is 19.2. The molecule has 1 atom stereocenters. The maximum Gasteiger partial charge on any atom is 0.436 e. The van der Waals surface area contributed by atoms with Crippen LogP contribution in [0.2, 0.25) is 0 Å². The fourth-order valence-corrected chi connectivity index (χ4v) is 3.42. The number of carbonyl (C=O) groups excluding carboxylic acids is 1. The summed E-state index contributed by atoms with van der Waals surface area (Å²) in [5, 5.41) is 3.63. The first-order chi connectivity index (χ1) is 11.2. The number of rotatable bonds is 4. The molecule has 1 fully saturated rings. The van der Waals surface area contributed by atoms with Crippen LogP contribution in [0, 0.1) is 6.92 Å². The normalized spacial score (nSPS) is 18.0. The number of hydrogen-bond acceptors (Lipinski definition) is 3. The van der Waals surface area contributed by atoms with Crippen LogP contribution in [0.25, 0.3) is 0 Å². The highest BCUT2D eigenvalue weighted by Gasteiger charge is 2.39. The van der Waals surface area contributed by atoms with Gasteiger partial charge in [0.15, 0.2) is 5.69 Å². The van der Waals surface area contributed by atoms with Gasteiger partial charge in [-0.1, -0.05) is 6.92 Å². The van der Waals surface area contributed by atoms with Gasteiger partial charge in [0, 0.05) is 26.2 Å². The van der Waals surface area contributed by atoms with E-state index in [0.717, 1.165) is 30.7 Å². The molecule has 1 amide bonds. The second kappa shape index (κ2) is 7.43. The van der Waals surface area contributed by atoms with Crippen molar-refractivity contribution in [3.63, 3.8) is 0 Å². The van der Waals surface area contributed by atoms with Crippen molar-refractivity contribution in [3.8, 4) is 0 Å². The molecule has 0 aliphatic carbocycles. The SMILES string of the molecule is CCCN1CCN(C(=O)[C@@H](C)n2nc(C(F)(F)F)c(Br)c2C)CC1. The molecule has 0 spiro atoms. The monoisotopic (exact) mass is 410 g/mol. The third kappa shape index (κ3) is 3.93. The second-order valence-corrected chi connectivity index (χ2v) is 6.83. The van der Waals surface area contributed by atoms with Crippen molar-refractivity contribution in [2.24, 2.45) is 0 Å². The third-order valence-electron chi connectivity index (χ3n) is 4.29. The summed E-state index contributed by atoms with van der Waals surface area (Å²) in [6.45, 7) is 8.99. The lowest BCUT2D eigenvalue weighted by Crippen LogP contribution is -2.50. The first-order valence-corrected chi connectivity index (χ1v) is 8.79. The highest BCUT2D eigenvalue weighted by atomic mass is 79.9. The maximum atomic E-state index is 13.0. The van der Waals surface area contributed by atoms with Crippen molar-refractivity contribution < 1.29 is 18.0 Å². The molecule has 1 saturated heterocycles. The molecule has 1 aromatic heterocycles. The molecule has 2 heterocycles. The van der Waals surface area contributed by atoms with Gasteiger partial charge in [0.2, 0.25) is 5.91 Å². The first-order valence-electron chi connectivity index (χ1n) is 7.99. The summed E-state index contributed by atoms with van der Waals surface area (Å²) in [6.07, 6.45) is -3.49. The van der Waals surface area contributed by atoms with Gasteiger partial charge in [-0.05, 0) is 42.7 Å². The predicted molar refractivity (Wildman–Crippen MR) is 87.7 cm³/mol. The fourth-order valence-electron chi connectivity index (χ4n) is 2.93. The Hall–Kier alpha value is -1.09. The lowest BCUT2D eigenvalue weighted by atomic mass is 10.2. The molecular weight excluding hydrogens is 389 g/mol. The summed E-state index contributed by atoms with van der Waals surface area (Å²) >= 11 is 2.94. The number of nitrogens with zero attached hydrogens (tertiary/aromatic N) is 4. The topological polar surface area (TPSA) is 41.4 Å². The van der Waals surface area contributed by atoms with E-state index < -0.39 is 17.9 Å². The molecule has 0 saturated carbocycles. The van der Waals surface area contributed by atoms with E-state index in [0.29, 0.717) is 18.8 Å². The smallest absolute Gasteiger partial charge is 0.338 e. The Kier molecular flexibility index (Phi) is 5.95. The average molecular weight is 411 g/mol. The second-order valence-electron chi connectivity index (χ2n) is 6.03. The highest BCUT2D eigenvalue weighted by molar-refractivity contribution is 9.10. The summed E-state index contributed by atoms with van der Waals surface area (Å²) in [4.78, 5) is 16.6. The van der Waals surface area contributed by atoms with Crippen molar-refractivity contribution in [2.75, 3.05) is 32.7 Å². The Morgan fingerprint density at radius 1 is 1.29 bits per heavy atom. The molecule has 1 aliphatic heterocycles. The highest BCUT2D eigenvalue weighted by Crippen LogP contribution is 2.36. The zero-order chi connectivity index (χ0) is 18.1. The molecule has 136 valence electrons. The molecular formula is C15H22BrF3N4O. The van der Waals surface area contributed by atoms with Crippen LogP contribution in [-0.2, 0) is 11.0 Å². The zero-order valence-electron chi connectivity index (χ0n) is 14.0. The molecule has 0 unspecified atom stereocenters. The van der Waals surface area contributed by atoms with E-state index in [2.05, 4.69) is 32.9 Å². The minimum atomic E-state index is -4.55. The lowest BCUT2D eigenvalue weighted by molar-refractivity contribution is -0.143. The van der Waals surface area contributed by atoms with Gasteiger partial charge >= 0.3 is 6.18 Å². The molecule has 1 aliphatic rings. The largest absolute Gasteiger partial charge is 0.436 e. The van der Waals surface area contributed by atoms with Crippen LogP contribution >= 0.6 is 15.9 Å². The average Bonchev–Trinajstić information content (AvgIpc) is 2.83. The summed E-state index contributed by atoms with van der Waals surface area (Å²) < 4.78 is 40.0. The molecule has 9 heteroatoms. The third-order valence-corrected chi connectivity index (χ3v) is 5.24. The van der Waals surface area contributed by atoms with E-state index in [4.69, 9.17) is 0 Å². The number of halogens is 4. The molecule has 5 nitrogen and oxygen atoms in total. The molecule has 0 aromatic carbocycles. The van der Waals surface area contributed by atoms with Crippen LogP contribution in [0.3, 0.4) is 0 Å². The number of aromatic nitrogens is 2. The zero-order valence-corrected chi connectivity index (χ0v) is 15.6. The Labute approximate surface area is 147 Å². The van der Waals surface area contributed by atoms with Gasteiger partial charge in [0.05, 0.1) is 10.2 Å². The summed E-state index contributed by atoms with van der Waals surface area (Å²) in [6, 6.07) is -0.768. The Morgan fingerprint density at radius 3 is 2.33 bits per heavy atom. The number of piperazine rings is 1. The van der Waals surface area contributed by atoms with E-state index in [1.54, 1.807) is 11.8 Å². The van der Waals surface area contributed by atoms with Crippen LogP contribution in [-0.4, -0.2) is 58.2 Å². The quantitative estimate of drug-likeness (QED) is 0.765. The van der Waals surface area contributed by atoms with Crippen molar-refractivity contribution in [1.29, 1.82) is 0 Å². The minimum Gasteiger partial charge on any atom is -0.338 e. The van der Waals surface area contributed by atoms with Gasteiger partial charge in [-0.2, -0.15) is 18.3 Å². The number of alkyl halides is 3. The van der Waals surface area contributed by atoms with Gasteiger partial charge < -0.3 is 4.90 Å². The van der Waals surface area contributed by atoms with Gasteiger partial charge in [0.25, 0.3) is 0 Å². The molecule has 0 radical (unpaired) electrons. The van der Waals surface area contributed by atoms with E-state index in [1.165, 1.54) is 6.92 Å². The standard InChI is InChI=1S/C15H22BrF3N4O/c1-4-5-21-6-8-22(9-7-21)14(24)11(3)23-10(2)12(16)13(20-23)15(17,18)19/h11H,4-9H2,1-3H3/t11-/m1/s1. The van der Waals surface area contributed by atoms with Crippen molar-refractivity contribution in [1.82, 2.24) is 19.6 Å². The fraction of sp³-hybridized carbons (Fsp3) is 0.733. The van der Waals surface area contributed by atoms with E-state index >= 15 is 0 Å². The summed E-state index contributed by atoms with van der Waals surface area (Å²) in [7, 11) is 0. The van der Waals surface area contributed by atoms with E-state index in [9.17, 15) is 18.0 Å². The minimum absolute atomic E-state index is 0.109. The molecule has 2 rings (SSSR count). The van der Waals surface area contributed by atoms with E-state index in [1.807, 2.05) is 0 Å². The number of carbonyl (C=O) groups is 1. The maximum absolute atomic E-state index is 13.0. The lowest BCUT2D eigenvalue weighted by Gasteiger charge is -2.35. The summed E-state index contributed by atoms with van der Waals surface area (Å²) in [5.74, 6) is -0.196. The van der Waals surface area contributed by atoms with Crippen molar-refractivity contribution in [2.45, 2.75) is 39.4 Å². The van der Waals surface area contributed by atoms with Crippen molar-refractivity contribution in [3.05, 3.63) is 15.9 Å². The van der Waals surface area contributed by atoms with Crippen molar-refractivity contribution >= 4 is 21.8 Å². The van der Waals surface area contributed by atoms with Crippen LogP contribution < -0.4 is 0 Å². The van der Waals surface area contributed by atoms with Crippen LogP contribution in [0.15, 0.2) is 4.47 Å². The Morgan fingerprint density at radius 2 is 1.88 bits per heavy atom. The molecule has 1 aromatic rings. The number of amides is 1. The molecule has 0 N–H and O–H groups in total. The molecule has 24 heavy (non-hydrogen) atoms. The molecule has 0 bridgehead atoms. The van der Waals surface area contributed by atoms with Gasteiger partial charge in [-0.25, -0.2) is 0 Å².